The van der Waals surface area contributed by atoms with Crippen LogP contribution in [0.1, 0.15) is 0 Å². The number of hydrogen-bond donors (Lipinski definition) is 0. The van der Waals surface area contributed by atoms with E-state index in [9.17, 15) is 0 Å². The van der Waals surface area contributed by atoms with E-state index in [-0.39, 0.29) is 0 Å². The van der Waals surface area contributed by atoms with Gasteiger partial charge in [-0.2, -0.15) is 0 Å². The van der Waals surface area contributed by atoms with Gasteiger partial charge in [-0.1, -0.05) is 42.8 Å². The van der Waals surface area contributed by atoms with E-state index in [0.29, 0.717) is 10.0 Å². The van der Waals surface area contributed by atoms with Crippen LogP contribution in [-0.4, -0.2) is 15.3 Å². The Balaban J connectivity index is 3.07. The second-order valence-electron chi connectivity index (χ2n) is 4.36. The predicted octanol–water partition coefficient (Wildman–Crippen LogP) is 4.26. The summed E-state index contributed by atoms with van der Waals surface area (Å²) >= 11 is 11.9. The maximum absolute atomic E-state index is 5.95. The van der Waals surface area contributed by atoms with Crippen LogP contribution in [-0.2, 0) is 0 Å². The van der Waals surface area contributed by atoms with Gasteiger partial charge in [0.2, 0.25) is 0 Å². The Kier molecular flexibility index (Phi) is 3.51. The molecule has 0 N–H and O–H groups in total. The lowest BCUT2D eigenvalue weighted by atomic mass is 10.3. The molecule has 1 rings (SSSR count). The second-order valence-corrected chi connectivity index (χ2v) is 10.2. The first-order valence-electron chi connectivity index (χ1n) is 4.50. The molecule has 1 nitrogen and oxygen atoms in total. The highest BCUT2D eigenvalue weighted by molar-refractivity contribution is 6.79. The number of halogens is 2. The number of rotatable bonds is 2. The standard InChI is InChI=1S/C10H15Cl2NSi/c1-13(14(2,3)4)10-6-8(11)5-9(12)7-10/h5-7H,1-4H3. The zero-order valence-corrected chi connectivity index (χ0v) is 11.4. The van der Waals surface area contributed by atoms with E-state index in [0.717, 1.165) is 5.69 Å². The summed E-state index contributed by atoms with van der Waals surface area (Å²) in [5, 5.41) is 1.38. The van der Waals surface area contributed by atoms with Gasteiger partial charge < -0.3 is 4.57 Å². The largest absolute Gasteiger partial charge is 0.401 e. The van der Waals surface area contributed by atoms with Gasteiger partial charge in [0.25, 0.3) is 0 Å². The van der Waals surface area contributed by atoms with E-state index in [2.05, 4.69) is 31.3 Å². The minimum absolute atomic E-state index is 0.692. The smallest absolute Gasteiger partial charge is 0.147 e. The van der Waals surface area contributed by atoms with Crippen molar-refractivity contribution in [3.8, 4) is 0 Å². The van der Waals surface area contributed by atoms with Gasteiger partial charge in [0, 0.05) is 15.7 Å². The van der Waals surface area contributed by atoms with Crippen LogP contribution in [0.15, 0.2) is 18.2 Å². The molecule has 14 heavy (non-hydrogen) atoms. The summed E-state index contributed by atoms with van der Waals surface area (Å²) in [5.41, 5.74) is 1.10. The molecule has 0 aliphatic carbocycles. The lowest BCUT2D eigenvalue weighted by Crippen LogP contribution is -2.43. The molecule has 0 atom stereocenters. The summed E-state index contributed by atoms with van der Waals surface area (Å²) in [7, 11) is 0.760. The van der Waals surface area contributed by atoms with Crippen LogP contribution in [0.25, 0.3) is 0 Å². The summed E-state index contributed by atoms with van der Waals surface area (Å²) < 4.78 is 2.28. The van der Waals surface area contributed by atoms with Crippen molar-refractivity contribution >= 4 is 37.1 Å². The summed E-state index contributed by atoms with van der Waals surface area (Å²) in [6, 6.07) is 5.65. The van der Waals surface area contributed by atoms with E-state index >= 15 is 0 Å². The van der Waals surface area contributed by atoms with E-state index in [1.807, 2.05) is 12.1 Å². The van der Waals surface area contributed by atoms with Crippen LogP contribution in [0.3, 0.4) is 0 Å². The third-order valence-electron chi connectivity index (χ3n) is 2.24. The third kappa shape index (κ3) is 2.90. The molecule has 78 valence electrons. The van der Waals surface area contributed by atoms with Crippen molar-refractivity contribution in [3.05, 3.63) is 28.2 Å². The van der Waals surface area contributed by atoms with E-state index in [1.165, 1.54) is 0 Å². The number of hydrogen-bond acceptors (Lipinski definition) is 1. The van der Waals surface area contributed by atoms with Crippen LogP contribution >= 0.6 is 23.2 Å². The zero-order chi connectivity index (χ0) is 10.9. The first-order valence-corrected chi connectivity index (χ1v) is 8.71. The molecule has 1 aromatic carbocycles. The maximum Gasteiger partial charge on any atom is 0.147 e. The molecule has 0 fully saturated rings. The van der Waals surface area contributed by atoms with Crippen molar-refractivity contribution in [2.45, 2.75) is 19.6 Å². The zero-order valence-electron chi connectivity index (χ0n) is 8.94. The molecule has 0 unspecified atom stereocenters. The molecule has 0 heterocycles. The molecule has 0 saturated heterocycles. The molecule has 0 radical (unpaired) electrons. The fraction of sp³-hybridized carbons (Fsp3) is 0.400. The molecule has 0 saturated carbocycles. The predicted molar refractivity (Wildman–Crippen MR) is 68.2 cm³/mol. The molecular weight excluding hydrogens is 233 g/mol. The summed E-state index contributed by atoms with van der Waals surface area (Å²) in [6.45, 7) is 6.84. The third-order valence-corrected chi connectivity index (χ3v) is 4.95. The van der Waals surface area contributed by atoms with Crippen LogP contribution in [0.2, 0.25) is 29.7 Å². The maximum atomic E-state index is 5.95. The summed E-state index contributed by atoms with van der Waals surface area (Å²) in [6.07, 6.45) is 0. The van der Waals surface area contributed by atoms with Gasteiger partial charge >= 0.3 is 0 Å². The van der Waals surface area contributed by atoms with Crippen LogP contribution in [0.5, 0.6) is 0 Å². The molecule has 0 bridgehead atoms. The van der Waals surface area contributed by atoms with E-state index in [4.69, 9.17) is 23.2 Å². The topological polar surface area (TPSA) is 3.24 Å². The van der Waals surface area contributed by atoms with Crippen molar-refractivity contribution in [2.24, 2.45) is 0 Å². The highest BCUT2D eigenvalue weighted by Crippen LogP contribution is 2.27. The lowest BCUT2D eigenvalue weighted by molar-refractivity contribution is 1.25. The fourth-order valence-electron chi connectivity index (χ4n) is 1.12. The average Bonchev–Trinajstić information content (AvgIpc) is 1.99. The van der Waals surface area contributed by atoms with Gasteiger partial charge in [0.15, 0.2) is 0 Å². The molecule has 0 amide bonds. The average molecular weight is 248 g/mol. The quantitative estimate of drug-likeness (QED) is 0.707. The van der Waals surface area contributed by atoms with Gasteiger partial charge in [-0.05, 0) is 25.2 Å². The normalized spacial score (nSPS) is 11.6. The molecule has 0 aliphatic rings. The van der Waals surface area contributed by atoms with Gasteiger partial charge in [0.05, 0.1) is 0 Å². The Hall–Kier alpha value is -0.183. The number of anilines is 1. The van der Waals surface area contributed by atoms with Crippen molar-refractivity contribution in [3.63, 3.8) is 0 Å². The van der Waals surface area contributed by atoms with Crippen molar-refractivity contribution in [2.75, 3.05) is 11.6 Å². The molecule has 0 aromatic heterocycles. The van der Waals surface area contributed by atoms with Gasteiger partial charge in [-0.3, -0.25) is 0 Å². The Morgan fingerprint density at radius 1 is 1.00 bits per heavy atom. The Morgan fingerprint density at radius 3 is 1.79 bits per heavy atom. The van der Waals surface area contributed by atoms with Gasteiger partial charge in [-0.15, -0.1) is 0 Å². The minimum atomic E-state index is -1.33. The fourth-order valence-corrected chi connectivity index (χ4v) is 2.54. The minimum Gasteiger partial charge on any atom is -0.401 e. The highest BCUT2D eigenvalue weighted by Gasteiger charge is 2.20. The molecule has 0 aliphatic heterocycles. The van der Waals surface area contributed by atoms with Gasteiger partial charge in [0.1, 0.15) is 8.24 Å². The van der Waals surface area contributed by atoms with Crippen molar-refractivity contribution in [1.29, 1.82) is 0 Å². The van der Waals surface area contributed by atoms with E-state index in [1.54, 1.807) is 6.07 Å². The highest BCUT2D eigenvalue weighted by atomic mass is 35.5. The van der Waals surface area contributed by atoms with E-state index < -0.39 is 8.24 Å². The first-order chi connectivity index (χ1) is 6.30. The van der Waals surface area contributed by atoms with Crippen molar-refractivity contribution < 1.29 is 0 Å². The molecule has 4 heteroatoms. The Bertz CT molecular complexity index is 313. The monoisotopic (exact) mass is 247 g/mol. The van der Waals surface area contributed by atoms with Gasteiger partial charge in [-0.25, -0.2) is 0 Å². The summed E-state index contributed by atoms with van der Waals surface area (Å²) in [4.78, 5) is 0. The van der Waals surface area contributed by atoms with Crippen LogP contribution in [0.4, 0.5) is 5.69 Å². The first kappa shape index (κ1) is 11.9. The molecule has 0 spiro atoms. The van der Waals surface area contributed by atoms with Crippen LogP contribution < -0.4 is 4.57 Å². The molecule has 1 aromatic rings. The molecular formula is C10H15Cl2NSi. The SMILES string of the molecule is CN(c1cc(Cl)cc(Cl)c1)[Si](C)(C)C. The Labute approximate surface area is 96.7 Å². The number of nitrogens with zero attached hydrogens (tertiary/aromatic N) is 1. The van der Waals surface area contributed by atoms with Crippen LogP contribution in [0, 0.1) is 0 Å². The second kappa shape index (κ2) is 4.13. The lowest BCUT2D eigenvalue weighted by Gasteiger charge is -2.32. The summed E-state index contributed by atoms with van der Waals surface area (Å²) in [5.74, 6) is 0. The van der Waals surface area contributed by atoms with Crippen molar-refractivity contribution in [1.82, 2.24) is 0 Å². The number of benzene rings is 1. The Morgan fingerprint density at radius 2 is 1.43 bits per heavy atom.